The molecule has 5 aliphatic rings. The van der Waals surface area contributed by atoms with Crippen molar-refractivity contribution in [2.24, 2.45) is 0 Å². The zero-order chi connectivity index (χ0) is 31.1. The van der Waals surface area contributed by atoms with Crippen molar-refractivity contribution in [1.29, 1.82) is 5.26 Å². The van der Waals surface area contributed by atoms with Gasteiger partial charge in [-0.1, -0.05) is 6.58 Å². The first-order valence-electron chi connectivity index (χ1n) is 16.2. The normalized spacial score (nSPS) is 26.2. The minimum atomic E-state index is -1.03. The summed E-state index contributed by atoms with van der Waals surface area (Å²) in [6.07, 6.45) is 10.7. The Hall–Kier alpha value is -3.85. The van der Waals surface area contributed by atoms with Gasteiger partial charge in [0.2, 0.25) is 0 Å². The van der Waals surface area contributed by atoms with Crippen LogP contribution < -0.4 is 14.5 Å². The number of nitriles is 1. The van der Waals surface area contributed by atoms with E-state index < -0.39 is 23.9 Å². The second-order valence-corrected chi connectivity index (χ2v) is 13.2. The summed E-state index contributed by atoms with van der Waals surface area (Å²) in [6.45, 7) is 7.17. The summed E-state index contributed by atoms with van der Waals surface area (Å²) in [4.78, 5) is 35.1. The van der Waals surface area contributed by atoms with E-state index in [1.807, 2.05) is 12.4 Å². The smallest absolute Gasteiger partial charge is 0.318 e. The number of hydrogen-bond donors (Lipinski definition) is 0. The van der Waals surface area contributed by atoms with E-state index in [0.717, 1.165) is 61.5 Å². The summed E-state index contributed by atoms with van der Waals surface area (Å²) >= 11 is 0. The first-order valence-corrected chi connectivity index (χ1v) is 16.2. The number of piperazine rings is 1. The predicted octanol–water partition coefficient (Wildman–Crippen LogP) is 3.68. The van der Waals surface area contributed by atoms with Gasteiger partial charge in [0.05, 0.1) is 48.2 Å². The number of halogens is 2. The van der Waals surface area contributed by atoms with Crippen LogP contribution in [0.4, 0.5) is 20.3 Å². The van der Waals surface area contributed by atoms with E-state index in [0.29, 0.717) is 45.6 Å². The highest BCUT2D eigenvalue weighted by Crippen LogP contribution is 2.41. The first-order chi connectivity index (χ1) is 21.8. The number of aromatic nitrogens is 3. The Morgan fingerprint density at radius 1 is 1.07 bits per heavy atom. The maximum Gasteiger partial charge on any atom is 0.318 e. The van der Waals surface area contributed by atoms with Gasteiger partial charge in [-0.25, -0.2) is 8.78 Å². The molecule has 0 radical (unpaired) electrons. The third-order valence-corrected chi connectivity index (χ3v) is 10.4. The largest absolute Gasteiger partial charge is 0.461 e. The molecule has 0 spiro atoms. The number of pyridine rings is 1. The number of alkyl halides is 1. The van der Waals surface area contributed by atoms with E-state index in [1.54, 1.807) is 0 Å². The van der Waals surface area contributed by atoms with Crippen LogP contribution in [0.3, 0.4) is 0 Å². The Morgan fingerprint density at radius 2 is 1.93 bits per heavy atom. The van der Waals surface area contributed by atoms with Crippen LogP contribution in [0, 0.1) is 11.3 Å². The van der Waals surface area contributed by atoms with Crippen molar-refractivity contribution in [2.45, 2.75) is 82.1 Å². The van der Waals surface area contributed by atoms with E-state index >= 15 is 0 Å². The number of fused-ring (bicyclic) bond motifs is 3. The molecule has 7 rings (SSSR count). The average molecular weight is 619 g/mol. The van der Waals surface area contributed by atoms with Crippen LogP contribution in [0.2, 0.25) is 0 Å². The molecule has 45 heavy (non-hydrogen) atoms. The summed E-state index contributed by atoms with van der Waals surface area (Å²) in [5, 5.41) is 9.53. The minimum Gasteiger partial charge on any atom is -0.461 e. The van der Waals surface area contributed by atoms with Crippen LogP contribution in [-0.4, -0.2) is 94.3 Å². The molecule has 238 valence electrons. The Balaban J connectivity index is 1.21. The molecule has 4 aliphatic heterocycles. The molecule has 0 N–H and O–H groups in total. The van der Waals surface area contributed by atoms with Gasteiger partial charge < -0.3 is 19.4 Å². The van der Waals surface area contributed by atoms with Crippen LogP contribution in [-0.2, 0) is 30.6 Å². The molecule has 10 nitrogen and oxygen atoms in total. The Kier molecular flexibility index (Phi) is 8.06. The van der Waals surface area contributed by atoms with Crippen molar-refractivity contribution in [3.63, 3.8) is 0 Å². The van der Waals surface area contributed by atoms with Crippen LogP contribution in [0.25, 0.3) is 0 Å². The summed E-state index contributed by atoms with van der Waals surface area (Å²) in [6, 6.07) is 1.90. The second kappa shape index (κ2) is 12.2. The maximum absolute atomic E-state index is 14.5. The molecule has 6 heterocycles. The lowest BCUT2D eigenvalue weighted by Crippen LogP contribution is -2.55. The van der Waals surface area contributed by atoms with E-state index in [2.05, 4.69) is 32.3 Å². The van der Waals surface area contributed by atoms with Crippen molar-refractivity contribution in [1.82, 2.24) is 24.8 Å². The number of rotatable bonds is 7. The second-order valence-electron chi connectivity index (χ2n) is 13.2. The zero-order valence-electron chi connectivity index (χ0n) is 25.7. The Morgan fingerprint density at radius 3 is 2.78 bits per heavy atom. The molecule has 0 saturated carbocycles. The van der Waals surface area contributed by atoms with Gasteiger partial charge in [0.1, 0.15) is 18.6 Å². The molecule has 2 aromatic rings. The van der Waals surface area contributed by atoms with Gasteiger partial charge in [0.25, 0.3) is 5.91 Å². The fourth-order valence-corrected chi connectivity index (χ4v) is 8.23. The van der Waals surface area contributed by atoms with E-state index in [9.17, 15) is 18.8 Å². The molecule has 2 aromatic heterocycles. The predicted molar refractivity (Wildman–Crippen MR) is 164 cm³/mol. The van der Waals surface area contributed by atoms with Gasteiger partial charge in [0.15, 0.2) is 5.83 Å². The molecule has 3 atom stereocenters. The van der Waals surface area contributed by atoms with Crippen molar-refractivity contribution < 1.29 is 18.3 Å². The van der Waals surface area contributed by atoms with Gasteiger partial charge >= 0.3 is 6.01 Å². The number of carbonyl (C=O) groups excluding carboxylic acids is 1. The number of carbonyl (C=O) groups is 1. The number of aryl methyl sites for hydroxylation is 1. The molecule has 0 bridgehead atoms. The van der Waals surface area contributed by atoms with Crippen molar-refractivity contribution in [3.05, 3.63) is 47.2 Å². The monoisotopic (exact) mass is 618 g/mol. The number of nitrogens with zero attached hydrogens (tertiary/aromatic N) is 8. The van der Waals surface area contributed by atoms with Crippen LogP contribution in [0.1, 0.15) is 60.9 Å². The van der Waals surface area contributed by atoms with Crippen molar-refractivity contribution >= 4 is 17.4 Å². The molecular formula is C33H40F2N8O2. The SMILES string of the molecule is C=C(F)C(=O)N1CCN(c2nc(OC[C@@]34CCCN3C[C@H](F)C4)nc3c2CCN(c2cncc4c2CCCC4)C3)C[C@@H]1CC#N. The molecular weight excluding hydrogens is 578 g/mol. The fourth-order valence-electron chi connectivity index (χ4n) is 8.23. The standard InChI is InChI=1S/C33H40F2N8O2/c1-22(34)31(44)43-14-13-41(19-25(43)7-10-36)30-27-8-12-40(29-17-37-16-23-5-2-3-6-26(23)29)20-28(27)38-32(39-30)45-21-33-9-4-11-42(33)18-24(35)15-33/h16-17,24-25H,1-9,11-15,18-21H2/t24-,25+,33+/m1/s1. The molecule has 3 fully saturated rings. The number of hydrogen-bond acceptors (Lipinski definition) is 9. The van der Waals surface area contributed by atoms with E-state index in [-0.39, 0.29) is 24.5 Å². The minimum absolute atomic E-state index is 0.0643. The zero-order valence-corrected chi connectivity index (χ0v) is 25.7. The quantitative estimate of drug-likeness (QED) is 0.430. The summed E-state index contributed by atoms with van der Waals surface area (Å²) in [7, 11) is 0. The summed E-state index contributed by atoms with van der Waals surface area (Å²) in [5.74, 6) is -1.07. The van der Waals surface area contributed by atoms with E-state index in [4.69, 9.17) is 14.7 Å². The number of anilines is 2. The third kappa shape index (κ3) is 5.60. The Labute approximate surface area is 262 Å². The van der Waals surface area contributed by atoms with Gasteiger partial charge in [-0.3, -0.25) is 14.7 Å². The molecule has 1 amide bonds. The van der Waals surface area contributed by atoms with Crippen molar-refractivity contribution in [2.75, 3.05) is 55.7 Å². The van der Waals surface area contributed by atoms with Gasteiger partial charge in [-0.15, -0.1) is 0 Å². The lowest BCUT2D eigenvalue weighted by molar-refractivity contribution is -0.131. The van der Waals surface area contributed by atoms with Crippen LogP contribution >= 0.6 is 0 Å². The summed E-state index contributed by atoms with van der Waals surface area (Å²) < 4.78 is 34.7. The van der Waals surface area contributed by atoms with Crippen molar-refractivity contribution in [3.8, 4) is 12.1 Å². The Bertz CT molecular complexity index is 1530. The highest BCUT2D eigenvalue weighted by Gasteiger charge is 2.49. The molecule has 0 unspecified atom stereocenters. The average Bonchev–Trinajstić information content (AvgIpc) is 3.58. The highest BCUT2D eigenvalue weighted by atomic mass is 19.1. The molecule has 12 heteroatoms. The molecule has 0 aromatic carbocycles. The first kappa shape index (κ1) is 29.8. The number of amides is 1. The number of ether oxygens (including phenoxy) is 1. The highest BCUT2D eigenvalue weighted by molar-refractivity contribution is 5.91. The maximum atomic E-state index is 14.5. The van der Waals surface area contributed by atoms with Gasteiger partial charge in [-0.05, 0) is 62.6 Å². The molecule has 1 aliphatic carbocycles. The van der Waals surface area contributed by atoms with Gasteiger partial charge in [-0.2, -0.15) is 15.2 Å². The van der Waals surface area contributed by atoms with E-state index in [1.165, 1.54) is 28.9 Å². The fraction of sp³-hybridized carbons (Fsp3) is 0.606. The third-order valence-electron chi connectivity index (χ3n) is 10.4. The topological polar surface area (TPSA) is 102 Å². The van der Waals surface area contributed by atoms with Gasteiger partial charge in [0, 0.05) is 50.9 Å². The lowest BCUT2D eigenvalue weighted by Gasteiger charge is -2.42. The van der Waals surface area contributed by atoms with Crippen LogP contribution in [0.15, 0.2) is 24.8 Å². The lowest BCUT2D eigenvalue weighted by atomic mass is 9.91. The van der Waals surface area contributed by atoms with Crippen LogP contribution in [0.5, 0.6) is 6.01 Å². The summed E-state index contributed by atoms with van der Waals surface area (Å²) in [5.41, 5.74) is 5.42. The molecule has 3 saturated heterocycles.